The number of para-hydroxylation sites is 1. The van der Waals surface area contributed by atoms with Crippen LogP contribution in [0.25, 0.3) is 10.9 Å². The fraction of sp³-hybridized carbons (Fsp3) is 0.0625. The summed E-state index contributed by atoms with van der Waals surface area (Å²) in [5.74, 6) is 1.68. The van der Waals surface area contributed by atoms with Crippen molar-refractivity contribution in [3.63, 3.8) is 0 Å². The van der Waals surface area contributed by atoms with Crippen LogP contribution >= 0.6 is 0 Å². The zero-order valence-electron chi connectivity index (χ0n) is 10.1. The molecule has 0 aliphatic carbocycles. The molecular weight excluding hydrogens is 222 g/mol. The summed E-state index contributed by atoms with van der Waals surface area (Å²) in [6.45, 7) is 1.99. The molecule has 1 heterocycles. The van der Waals surface area contributed by atoms with E-state index < -0.39 is 0 Å². The van der Waals surface area contributed by atoms with E-state index in [0.717, 1.165) is 28.1 Å². The number of nitrogens with zero attached hydrogens (tertiary/aromatic N) is 1. The minimum atomic E-state index is 0.838. The van der Waals surface area contributed by atoms with Crippen LogP contribution in [0, 0.1) is 6.92 Å². The zero-order valence-corrected chi connectivity index (χ0v) is 10.1. The number of rotatable bonds is 2. The molecule has 2 nitrogen and oxygen atoms in total. The minimum Gasteiger partial charge on any atom is -0.457 e. The van der Waals surface area contributed by atoms with Crippen molar-refractivity contribution in [3.05, 3.63) is 66.4 Å². The van der Waals surface area contributed by atoms with Gasteiger partial charge in [-0.05, 0) is 43.3 Å². The first-order valence-electron chi connectivity index (χ1n) is 5.92. The van der Waals surface area contributed by atoms with Gasteiger partial charge in [0.25, 0.3) is 0 Å². The molecule has 0 bridgehead atoms. The fourth-order valence-electron chi connectivity index (χ4n) is 1.93. The molecule has 0 atom stereocenters. The number of fused-ring (bicyclic) bond motifs is 1. The Labute approximate surface area is 106 Å². The Morgan fingerprint density at radius 3 is 2.50 bits per heavy atom. The summed E-state index contributed by atoms with van der Waals surface area (Å²) in [5, 5.41) is 1.03. The third-order valence-corrected chi connectivity index (χ3v) is 2.80. The summed E-state index contributed by atoms with van der Waals surface area (Å²) in [4.78, 5) is 4.50. The van der Waals surface area contributed by atoms with Gasteiger partial charge < -0.3 is 4.74 Å². The molecule has 0 saturated heterocycles. The summed E-state index contributed by atoms with van der Waals surface area (Å²) in [7, 11) is 0. The Hall–Kier alpha value is -2.35. The van der Waals surface area contributed by atoms with Crippen molar-refractivity contribution in [2.75, 3.05) is 0 Å². The maximum atomic E-state index is 5.89. The number of hydrogen-bond acceptors (Lipinski definition) is 2. The molecule has 0 radical (unpaired) electrons. The van der Waals surface area contributed by atoms with E-state index in [1.54, 1.807) is 0 Å². The van der Waals surface area contributed by atoms with Crippen LogP contribution in [-0.2, 0) is 0 Å². The van der Waals surface area contributed by atoms with Crippen LogP contribution in [0.3, 0.4) is 0 Å². The van der Waals surface area contributed by atoms with E-state index in [-0.39, 0.29) is 0 Å². The van der Waals surface area contributed by atoms with Crippen LogP contribution in [0.1, 0.15) is 5.69 Å². The molecule has 2 heteroatoms. The molecule has 0 spiro atoms. The van der Waals surface area contributed by atoms with Gasteiger partial charge in [-0.2, -0.15) is 0 Å². The van der Waals surface area contributed by atoms with E-state index >= 15 is 0 Å². The summed E-state index contributed by atoms with van der Waals surface area (Å²) >= 11 is 0. The minimum absolute atomic E-state index is 0.838. The Bertz CT molecular complexity index is 677. The van der Waals surface area contributed by atoms with Gasteiger partial charge in [-0.15, -0.1) is 0 Å². The Morgan fingerprint density at radius 1 is 0.833 bits per heavy atom. The highest BCUT2D eigenvalue weighted by atomic mass is 16.5. The van der Waals surface area contributed by atoms with E-state index in [0.29, 0.717) is 0 Å². The molecule has 1 aromatic heterocycles. The number of hydrogen-bond donors (Lipinski definition) is 0. The van der Waals surface area contributed by atoms with Crippen LogP contribution in [0.5, 0.6) is 11.5 Å². The lowest BCUT2D eigenvalue weighted by molar-refractivity contribution is 0.488. The van der Waals surface area contributed by atoms with Gasteiger partial charge in [0.15, 0.2) is 0 Å². The lowest BCUT2D eigenvalue weighted by Gasteiger charge is -2.08. The number of pyridine rings is 1. The molecule has 3 aromatic rings. The van der Waals surface area contributed by atoms with Crippen molar-refractivity contribution >= 4 is 10.9 Å². The molecule has 0 amide bonds. The Balaban J connectivity index is 2.07. The quantitative estimate of drug-likeness (QED) is 0.659. The Kier molecular flexibility index (Phi) is 2.69. The van der Waals surface area contributed by atoms with Crippen molar-refractivity contribution in [3.8, 4) is 11.5 Å². The first-order chi connectivity index (χ1) is 8.83. The van der Waals surface area contributed by atoms with Crippen molar-refractivity contribution in [2.24, 2.45) is 0 Å². The van der Waals surface area contributed by atoms with E-state index in [1.165, 1.54) is 0 Å². The van der Waals surface area contributed by atoms with E-state index in [9.17, 15) is 0 Å². The van der Waals surface area contributed by atoms with Gasteiger partial charge in [-0.1, -0.05) is 24.3 Å². The van der Waals surface area contributed by atoms with Crippen LogP contribution in [0.15, 0.2) is 60.7 Å². The summed E-state index contributed by atoms with van der Waals surface area (Å²) < 4.78 is 5.89. The molecule has 0 N–H and O–H groups in total. The molecule has 0 saturated carbocycles. The third kappa shape index (κ3) is 2.05. The van der Waals surface area contributed by atoms with E-state index in [4.69, 9.17) is 4.74 Å². The molecule has 88 valence electrons. The van der Waals surface area contributed by atoms with Crippen molar-refractivity contribution in [1.82, 2.24) is 4.98 Å². The van der Waals surface area contributed by atoms with Gasteiger partial charge >= 0.3 is 0 Å². The van der Waals surface area contributed by atoms with Gasteiger partial charge in [0, 0.05) is 11.1 Å². The monoisotopic (exact) mass is 235 g/mol. The molecule has 2 aromatic carbocycles. The Morgan fingerprint density at radius 2 is 1.67 bits per heavy atom. The number of aryl methyl sites for hydroxylation is 1. The van der Waals surface area contributed by atoms with Gasteiger partial charge in [0.05, 0.1) is 5.52 Å². The second kappa shape index (κ2) is 4.49. The smallest absolute Gasteiger partial charge is 0.136 e. The maximum Gasteiger partial charge on any atom is 0.136 e. The molecule has 0 unspecified atom stereocenters. The normalized spacial score (nSPS) is 10.5. The number of ether oxygens (including phenoxy) is 1. The van der Waals surface area contributed by atoms with Gasteiger partial charge in [0.1, 0.15) is 11.5 Å². The van der Waals surface area contributed by atoms with Crippen molar-refractivity contribution in [2.45, 2.75) is 6.92 Å². The molecule has 0 fully saturated rings. The summed E-state index contributed by atoms with van der Waals surface area (Å²) in [6.07, 6.45) is 0. The molecule has 3 rings (SSSR count). The molecule has 0 aliphatic rings. The van der Waals surface area contributed by atoms with Gasteiger partial charge in [-0.3, -0.25) is 4.98 Å². The average molecular weight is 235 g/mol. The zero-order chi connectivity index (χ0) is 12.4. The molecule has 0 aliphatic heterocycles. The fourth-order valence-corrected chi connectivity index (χ4v) is 1.93. The van der Waals surface area contributed by atoms with Crippen molar-refractivity contribution in [1.29, 1.82) is 0 Å². The number of benzene rings is 2. The average Bonchev–Trinajstić information content (AvgIpc) is 2.40. The van der Waals surface area contributed by atoms with Crippen LogP contribution in [-0.4, -0.2) is 4.98 Å². The maximum absolute atomic E-state index is 5.89. The number of aromatic nitrogens is 1. The highest BCUT2D eigenvalue weighted by molar-refractivity contribution is 5.85. The van der Waals surface area contributed by atoms with Crippen molar-refractivity contribution < 1.29 is 4.74 Å². The SMILES string of the molecule is Cc1ccc2c(Oc3ccccc3)cccc2n1. The van der Waals surface area contributed by atoms with Gasteiger partial charge in [0.2, 0.25) is 0 Å². The first kappa shape index (κ1) is 10.8. The lowest BCUT2D eigenvalue weighted by Crippen LogP contribution is -1.88. The molecule has 18 heavy (non-hydrogen) atoms. The predicted octanol–water partition coefficient (Wildman–Crippen LogP) is 4.34. The lowest BCUT2D eigenvalue weighted by atomic mass is 10.2. The first-order valence-corrected chi connectivity index (χ1v) is 5.92. The summed E-state index contributed by atoms with van der Waals surface area (Å²) in [5.41, 5.74) is 1.97. The van der Waals surface area contributed by atoms with Gasteiger partial charge in [-0.25, -0.2) is 0 Å². The van der Waals surface area contributed by atoms with E-state index in [2.05, 4.69) is 11.1 Å². The van der Waals surface area contributed by atoms with E-state index in [1.807, 2.05) is 61.5 Å². The van der Waals surface area contributed by atoms with Crippen LogP contribution in [0.4, 0.5) is 0 Å². The predicted molar refractivity (Wildman–Crippen MR) is 73.0 cm³/mol. The third-order valence-electron chi connectivity index (χ3n) is 2.80. The highest BCUT2D eigenvalue weighted by Crippen LogP contribution is 2.28. The largest absolute Gasteiger partial charge is 0.457 e. The topological polar surface area (TPSA) is 22.1 Å². The second-order valence-corrected chi connectivity index (χ2v) is 4.19. The van der Waals surface area contributed by atoms with Crippen LogP contribution < -0.4 is 4.74 Å². The summed E-state index contributed by atoms with van der Waals surface area (Å²) in [6, 6.07) is 19.8. The highest BCUT2D eigenvalue weighted by Gasteiger charge is 2.04. The van der Waals surface area contributed by atoms with Crippen LogP contribution in [0.2, 0.25) is 0 Å². The molecular formula is C16H13NO. The standard InChI is InChI=1S/C16H13NO/c1-12-10-11-14-15(17-12)8-5-9-16(14)18-13-6-3-2-4-7-13/h2-11H,1H3. The second-order valence-electron chi connectivity index (χ2n) is 4.19.